The standard InChI is InChI=1S/C19H17BrN4O/c20-17(12-22)18-10-14(8-9-23-18)19(25)24(15-2-1-3-15)16-6-4-13(11-21)5-7-16/h4-10,12,15,22-23H,1-3H2/b18-17+,22-12?. The second-order valence-electron chi connectivity index (χ2n) is 5.90. The zero-order valence-corrected chi connectivity index (χ0v) is 15.1. The first kappa shape index (κ1) is 17.2. The number of halogens is 1. The number of amides is 1. The average molecular weight is 397 g/mol. The van der Waals surface area contributed by atoms with E-state index in [0.717, 1.165) is 24.9 Å². The number of allylic oxidation sites excluding steroid dienone is 2. The Morgan fingerprint density at radius 3 is 2.64 bits per heavy atom. The average Bonchev–Trinajstić information content (AvgIpc) is 2.63. The lowest BCUT2D eigenvalue weighted by molar-refractivity contribution is -0.115. The van der Waals surface area contributed by atoms with Crippen LogP contribution in [0.15, 0.2) is 58.4 Å². The van der Waals surface area contributed by atoms with E-state index in [0.29, 0.717) is 21.3 Å². The predicted octanol–water partition coefficient (Wildman–Crippen LogP) is 3.74. The molecule has 0 saturated heterocycles. The van der Waals surface area contributed by atoms with Crippen molar-refractivity contribution in [3.63, 3.8) is 0 Å². The monoisotopic (exact) mass is 396 g/mol. The molecule has 25 heavy (non-hydrogen) atoms. The molecule has 126 valence electrons. The highest BCUT2D eigenvalue weighted by Gasteiger charge is 2.31. The van der Waals surface area contributed by atoms with Gasteiger partial charge in [-0.3, -0.25) is 4.79 Å². The van der Waals surface area contributed by atoms with Gasteiger partial charge < -0.3 is 15.6 Å². The summed E-state index contributed by atoms with van der Waals surface area (Å²) in [5.41, 5.74) is 2.61. The van der Waals surface area contributed by atoms with Crippen LogP contribution in [0, 0.1) is 16.7 Å². The molecule has 0 bridgehead atoms. The number of rotatable bonds is 4. The van der Waals surface area contributed by atoms with Crippen LogP contribution in [0.1, 0.15) is 24.8 Å². The maximum Gasteiger partial charge on any atom is 0.258 e. The molecule has 6 heteroatoms. The highest BCUT2D eigenvalue weighted by Crippen LogP contribution is 2.32. The van der Waals surface area contributed by atoms with Crippen molar-refractivity contribution >= 4 is 33.7 Å². The molecular formula is C19H17BrN4O. The quantitative estimate of drug-likeness (QED) is 0.760. The molecular weight excluding hydrogens is 380 g/mol. The second-order valence-corrected chi connectivity index (χ2v) is 6.76. The Labute approximate surface area is 155 Å². The Balaban J connectivity index is 1.95. The Bertz CT molecular complexity index is 826. The van der Waals surface area contributed by atoms with Gasteiger partial charge in [0.2, 0.25) is 0 Å². The molecule has 1 aliphatic carbocycles. The van der Waals surface area contributed by atoms with Crippen LogP contribution in [0.25, 0.3) is 0 Å². The molecule has 2 N–H and O–H groups in total. The van der Waals surface area contributed by atoms with Gasteiger partial charge in [0, 0.05) is 29.7 Å². The second kappa shape index (κ2) is 7.49. The largest absolute Gasteiger partial charge is 0.361 e. The molecule has 1 aromatic rings. The van der Waals surface area contributed by atoms with E-state index in [9.17, 15) is 4.79 Å². The maximum atomic E-state index is 13.2. The fourth-order valence-corrected chi connectivity index (χ4v) is 3.02. The summed E-state index contributed by atoms with van der Waals surface area (Å²) in [6.07, 6.45) is 9.45. The van der Waals surface area contributed by atoms with Gasteiger partial charge in [0.25, 0.3) is 5.91 Å². The third kappa shape index (κ3) is 3.57. The molecule has 0 aromatic heterocycles. The smallest absolute Gasteiger partial charge is 0.258 e. The van der Waals surface area contributed by atoms with Crippen molar-refractivity contribution in [2.24, 2.45) is 0 Å². The van der Waals surface area contributed by atoms with Crippen molar-refractivity contribution < 1.29 is 4.79 Å². The van der Waals surface area contributed by atoms with Crippen molar-refractivity contribution in [3.05, 3.63) is 63.9 Å². The summed E-state index contributed by atoms with van der Waals surface area (Å²) in [6.45, 7) is 0. The third-order valence-corrected chi connectivity index (χ3v) is 5.02. The Hall–Kier alpha value is -2.65. The zero-order valence-electron chi connectivity index (χ0n) is 13.5. The van der Waals surface area contributed by atoms with Crippen LogP contribution >= 0.6 is 15.9 Å². The first-order chi connectivity index (χ1) is 12.1. The highest BCUT2D eigenvalue weighted by atomic mass is 79.9. The van der Waals surface area contributed by atoms with Gasteiger partial charge >= 0.3 is 0 Å². The van der Waals surface area contributed by atoms with Crippen LogP contribution < -0.4 is 10.2 Å². The fourth-order valence-electron chi connectivity index (χ4n) is 2.79. The molecule has 0 unspecified atom stereocenters. The Kier molecular flexibility index (Phi) is 5.15. The van der Waals surface area contributed by atoms with Gasteiger partial charge in [0.15, 0.2) is 0 Å². The fraction of sp³-hybridized carbons (Fsp3) is 0.211. The highest BCUT2D eigenvalue weighted by molar-refractivity contribution is 9.12. The molecule has 0 atom stereocenters. The molecule has 3 rings (SSSR count). The van der Waals surface area contributed by atoms with E-state index in [2.05, 4.69) is 27.3 Å². The van der Waals surface area contributed by atoms with Crippen LogP contribution in [0.3, 0.4) is 0 Å². The molecule has 1 fully saturated rings. The van der Waals surface area contributed by atoms with E-state index in [4.69, 9.17) is 10.7 Å². The maximum absolute atomic E-state index is 13.2. The summed E-state index contributed by atoms with van der Waals surface area (Å²) in [4.78, 5) is 15.0. The van der Waals surface area contributed by atoms with Crippen molar-refractivity contribution in [3.8, 4) is 6.07 Å². The third-order valence-electron chi connectivity index (χ3n) is 4.37. The lowest BCUT2D eigenvalue weighted by atomic mass is 9.90. The van der Waals surface area contributed by atoms with Crippen LogP contribution in [0.5, 0.6) is 0 Å². The van der Waals surface area contributed by atoms with Crippen LogP contribution in [0.2, 0.25) is 0 Å². The lowest BCUT2D eigenvalue weighted by Gasteiger charge is -2.38. The molecule has 1 aliphatic heterocycles. The summed E-state index contributed by atoms with van der Waals surface area (Å²) in [5.74, 6) is -0.0741. The predicted molar refractivity (Wildman–Crippen MR) is 101 cm³/mol. The van der Waals surface area contributed by atoms with Crippen molar-refractivity contribution in [1.29, 1.82) is 10.7 Å². The first-order valence-electron chi connectivity index (χ1n) is 8.03. The molecule has 0 radical (unpaired) electrons. The Morgan fingerprint density at radius 1 is 1.36 bits per heavy atom. The van der Waals surface area contributed by atoms with Gasteiger partial charge in [-0.25, -0.2) is 0 Å². The minimum Gasteiger partial charge on any atom is -0.361 e. The molecule has 1 amide bonds. The number of benzene rings is 1. The van der Waals surface area contributed by atoms with Gasteiger partial charge in [-0.05, 0) is 71.6 Å². The summed E-state index contributed by atoms with van der Waals surface area (Å²) in [7, 11) is 0. The summed E-state index contributed by atoms with van der Waals surface area (Å²) in [5, 5.41) is 19.3. The van der Waals surface area contributed by atoms with Gasteiger partial charge in [-0.15, -0.1) is 0 Å². The molecule has 1 heterocycles. The van der Waals surface area contributed by atoms with Crippen molar-refractivity contribution in [1.82, 2.24) is 5.32 Å². The normalized spacial score (nSPS) is 18.3. The topological polar surface area (TPSA) is 80.0 Å². The number of carbonyl (C=O) groups is 1. The summed E-state index contributed by atoms with van der Waals surface area (Å²) in [6, 6.07) is 9.40. The van der Waals surface area contributed by atoms with E-state index < -0.39 is 0 Å². The van der Waals surface area contributed by atoms with Gasteiger partial charge in [0.05, 0.1) is 21.8 Å². The first-order valence-corrected chi connectivity index (χ1v) is 8.82. The number of hydrogen-bond donors (Lipinski definition) is 2. The molecule has 1 aromatic carbocycles. The zero-order chi connectivity index (χ0) is 17.8. The van der Waals surface area contributed by atoms with E-state index in [1.807, 2.05) is 17.0 Å². The number of nitrogens with one attached hydrogen (secondary N) is 2. The number of carbonyl (C=O) groups excluding carboxylic acids is 1. The molecule has 1 saturated carbocycles. The van der Waals surface area contributed by atoms with E-state index in [1.165, 1.54) is 6.21 Å². The number of dihydropyridines is 1. The van der Waals surface area contributed by atoms with Gasteiger partial charge in [-0.1, -0.05) is 0 Å². The van der Waals surface area contributed by atoms with E-state index in [1.54, 1.807) is 30.5 Å². The SMILES string of the molecule is N#Cc1ccc(N(C(=O)C2=C/C(=C(\Br)C=N)NC=C2)C2CCC2)cc1. The van der Waals surface area contributed by atoms with E-state index in [-0.39, 0.29) is 11.9 Å². The van der Waals surface area contributed by atoms with Crippen LogP contribution in [-0.4, -0.2) is 18.2 Å². The van der Waals surface area contributed by atoms with Crippen LogP contribution in [0.4, 0.5) is 5.69 Å². The minimum absolute atomic E-state index is 0.0741. The lowest BCUT2D eigenvalue weighted by Crippen LogP contribution is -2.45. The van der Waals surface area contributed by atoms with Gasteiger partial charge in [-0.2, -0.15) is 5.26 Å². The number of hydrogen-bond acceptors (Lipinski definition) is 4. The Morgan fingerprint density at radius 2 is 2.08 bits per heavy atom. The van der Waals surface area contributed by atoms with Crippen molar-refractivity contribution in [2.45, 2.75) is 25.3 Å². The minimum atomic E-state index is -0.0741. The molecule has 5 nitrogen and oxygen atoms in total. The molecule has 2 aliphatic rings. The molecule has 0 spiro atoms. The number of nitrogens with zero attached hydrogens (tertiary/aromatic N) is 2. The summed E-state index contributed by atoms with van der Waals surface area (Å²) < 4.78 is 0.579. The number of nitriles is 1. The number of anilines is 1. The summed E-state index contributed by atoms with van der Waals surface area (Å²) >= 11 is 3.31. The van der Waals surface area contributed by atoms with E-state index >= 15 is 0 Å². The van der Waals surface area contributed by atoms with Crippen LogP contribution in [-0.2, 0) is 4.79 Å². The van der Waals surface area contributed by atoms with Crippen molar-refractivity contribution in [2.75, 3.05) is 4.90 Å². The van der Waals surface area contributed by atoms with Gasteiger partial charge in [0.1, 0.15) is 0 Å².